The van der Waals surface area contributed by atoms with Crippen LogP contribution in [0.5, 0.6) is 0 Å². The Morgan fingerprint density at radius 1 is 0.950 bits per heavy atom. The number of carbonyl (C=O) groups excluding carboxylic acids is 2. The lowest BCUT2D eigenvalue weighted by Crippen LogP contribution is -2.21. The predicted octanol–water partition coefficient (Wildman–Crippen LogP) is 2.60. The van der Waals surface area contributed by atoms with Gasteiger partial charge in [0.25, 0.3) is 0 Å². The number of Topliss-reactive ketones (excluding diaryl/α,β-unsaturated/α-hetero) is 2. The van der Waals surface area contributed by atoms with Gasteiger partial charge in [-0.15, -0.1) is 0 Å². The molecule has 1 aromatic carbocycles. The van der Waals surface area contributed by atoms with Gasteiger partial charge >= 0.3 is 0 Å². The van der Waals surface area contributed by atoms with Crippen molar-refractivity contribution in [3.8, 4) is 0 Å². The number of hydrogen-bond donors (Lipinski definition) is 0. The van der Waals surface area contributed by atoms with E-state index in [2.05, 4.69) is 32.8 Å². The molecule has 0 spiro atoms. The van der Waals surface area contributed by atoms with Gasteiger partial charge in [0.1, 0.15) is 26.1 Å². The van der Waals surface area contributed by atoms with Crippen LogP contribution in [-0.4, -0.2) is 26.1 Å². The summed E-state index contributed by atoms with van der Waals surface area (Å²) >= 11 is 0. The molecule has 20 heavy (non-hydrogen) atoms. The average Bonchev–Trinajstić information content (AvgIpc) is 2.38. The van der Waals surface area contributed by atoms with Gasteiger partial charge in [0.2, 0.25) is 0 Å². The van der Waals surface area contributed by atoms with Crippen molar-refractivity contribution in [1.82, 2.24) is 0 Å². The summed E-state index contributed by atoms with van der Waals surface area (Å²) < 4.78 is 0. The van der Waals surface area contributed by atoms with Gasteiger partial charge in [-0.25, -0.2) is 0 Å². The minimum absolute atomic E-state index is 0.0798. The van der Waals surface area contributed by atoms with Gasteiger partial charge in [-0.2, -0.15) is 0 Å². The van der Waals surface area contributed by atoms with Gasteiger partial charge in [-0.1, -0.05) is 55.6 Å². The van der Waals surface area contributed by atoms with Crippen molar-refractivity contribution < 1.29 is 9.59 Å². The molecule has 1 fully saturated rings. The Hall–Kier alpha value is -1.31. The second kappa shape index (κ2) is 6.92. The molecular formula is C16H20B2O2. The summed E-state index contributed by atoms with van der Waals surface area (Å²) in [6.07, 6.45) is 3.02. The van der Waals surface area contributed by atoms with E-state index in [0.717, 1.165) is 18.2 Å². The molecule has 1 aromatic rings. The number of ketones is 2. The lowest BCUT2D eigenvalue weighted by Gasteiger charge is -2.22. The van der Waals surface area contributed by atoms with Crippen molar-refractivity contribution in [2.24, 2.45) is 0 Å². The van der Waals surface area contributed by atoms with Crippen LogP contribution < -0.4 is 0 Å². The monoisotopic (exact) mass is 266 g/mol. The van der Waals surface area contributed by atoms with E-state index in [4.69, 9.17) is 0 Å². The van der Waals surface area contributed by atoms with Gasteiger partial charge in [-0.05, 0) is 11.5 Å². The second-order valence-electron chi connectivity index (χ2n) is 5.67. The molecule has 0 atom stereocenters. The highest BCUT2D eigenvalue weighted by Crippen LogP contribution is 2.30. The van der Waals surface area contributed by atoms with Crippen molar-refractivity contribution in [1.29, 1.82) is 0 Å². The van der Waals surface area contributed by atoms with Crippen LogP contribution in [0.1, 0.15) is 41.9 Å². The van der Waals surface area contributed by atoms with Gasteiger partial charge in [-0.3, -0.25) is 9.59 Å². The molecule has 0 unspecified atom stereocenters. The summed E-state index contributed by atoms with van der Waals surface area (Å²) in [4.78, 5) is 23.3. The third-order valence-electron chi connectivity index (χ3n) is 3.77. The minimum atomic E-state index is 0.0798. The van der Waals surface area contributed by atoms with Crippen LogP contribution in [-0.2, 0) is 22.2 Å². The number of benzene rings is 1. The highest BCUT2D eigenvalue weighted by atomic mass is 16.1. The van der Waals surface area contributed by atoms with Crippen molar-refractivity contribution >= 4 is 26.1 Å². The molecule has 0 aromatic heterocycles. The zero-order valence-corrected chi connectivity index (χ0v) is 12.3. The maximum absolute atomic E-state index is 11.6. The normalized spacial score (nSPS) is 16.3. The predicted molar refractivity (Wildman–Crippen MR) is 83.7 cm³/mol. The van der Waals surface area contributed by atoms with Crippen molar-refractivity contribution in [3.05, 3.63) is 34.9 Å². The summed E-state index contributed by atoms with van der Waals surface area (Å²) in [5.41, 5.74) is 3.70. The van der Waals surface area contributed by atoms with Gasteiger partial charge in [0.05, 0.1) is 6.42 Å². The fraction of sp³-hybridized carbons (Fsp3) is 0.500. The van der Waals surface area contributed by atoms with E-state index in [-0.39, 0.29) is 23.9 Å². The largest absolute Gasteiger partial charge is 0.299 e. The maximum atomic E-state index is 11.6. The molecule has 0 saturated heterocycles. The highest BCUT2D eigenvalue weighted by molar-refractivity contribution is 6.33. The zero-order chi connectivity index (χ0) is 14.5. The molecule has 0 heterocycles. The molecule has 0 amide bonds. The summed E-state index contributed by atoms with van der Waals surface area (Å²) in [6, 6.07) is 6.54. The smallest absolute Gasteiger partial charge is 0.140 e. The lowest BCUT2D eigenvalue weighted by atomic mass is 9.71. The number of hydrogen-bond acceptors (Lipinski definition) is 2. The quantitative estimate of drug-likeness (QED) is 0.606. The first kappa shape index (κ1) is 15.1. The van der Waals surface area contributed by atoms with E-state index in [1.165, 1.54) is 11.1 Å². The molecule has 1 saturated carbocycles. The lowest BCUT2D eigenvalue weighted by molar-refractivity contribution is -0.130. The van der Waals surface area contributed by atoms with Crippen LogP contribution in [0.4, 0.5) is 0 Å². The van der Waals surface area contributed by atoms with Crippen molar-refractivity contribution in [3.63, 3.8) is 0 Å². The first-order chi connectivity index (χ1) is 9.62. The Morgan fingerprint density at radius 3 is 1.90 bits per heavy atom. The molecule has 2 rings (SSSR count). The molecule has 0 N–H and O–H groups in total. The van der Waals surface area contributed by atoms with Crippen LogP contribution in [0.2, 0.25) is 13.6 Å². The molecule has 1 aliphatic rings. The summed E-state index contributed by atoms with van der Waals surface area (Å²) in [5.74, 6) is 0.251. The fourth-order valence-electron chi connectivity index (χ4n) is 2.96. The number of rotatable bonds is 5. The second-order valence-corrected chi connectivity index (χ2v) is 5.67. The van der Waals surface area contributed by atoms with Crippen molar-refractivity contribution in [2.75, 3.05) is 0 Å². The molecule has 0 bridgehead atoms. The van der Waals surface area contributed by atoms with Crippen LogP contribution in [0.15, 0.2) is 18.2 Å². The number of carbonyl (C=O) groups is 2. The van der Waals surface area contributed by atoms with Crippen LogP contribution in [0.3, 0.4) is 0 Å². The van der Waals surface area contributed by atoms with E-state index in [1.54, 1.807) is 0 Å². The van der Waals surface area contributed by atoms with Gasteiger partial charge in [0.15, 0.2) is 0 Å². The Balaban J connectivity index is 2.28. The SMILES string of the molecule is C[B]Cc1cc(C[B]C)cc(C2CC(=O)CC(=O)C2)c1. The van der Waals surface area contributed by atoms with E-state index < -0.39 is 0 Å². The molecule has 4 heteroatoms. The summed E-state index contributed by atoms with van der Waals surface area (Å²) in [7, 11) is 4.27. The fourth-order valence-corrected chi connectivity index (χ4v) is 2.96. The highest BCUT2D eigenvalue weighted by Gasteiger charge is 2.26. The topological polar surface area (TPSA) is 34.1 Å². The maximum Gasteiger partial charge on any atom is 0.140 e. The van der Waals surface area contributed by atoms with Crippen molar-refractivity contribution in [2.45, 2.75) is 51.5 Å². The van der Waals surface area contributed by atoms with Gasteiger partial charge < -0.3 is 0 Å². The zero-order valence-electron chi connectivity index (χ0n) is 12.3. The Labute approximate surface area is 122 Å². The van der Waals surface area contributed by atoms with Gasteiger partial charge in [0, 0.05) is 12.8 Å². The van der Waals surface area contributed by atoms with E-state index in [1.807, 2.05) is 13.6 Å². The van der Waals surface area contributed by atoms with E-state index in [0.29, 0.717) is 12.8 Å². The van der Waals surface area contributed by atoms with E-state index >= 15 is 0 Å². The first-order valence-electron chi connectivity index (χ1n) is 7.34. The minimum Gasteiger partial charge on any atom is -0.299 e. The van der Waals surface area contributed by atoms with E-state index in [9.17, 15) is 9.59 Å². The molecule has 2 nitrogen and oxygen atoms in total. The third kappa shape index (κ3) is 3.84. The average molecular weight is 266 g/mol. The molecule has 0 aliphatic heterocycles. The van der Waals surface area contributed by atoms with Crippen LogP contribution in [0.25, 0.3) is 0 Å². The standard InChI is InChI=1S/C16H20B2O2/c1-17-9-11-3-12(10-18-2)5-13(4-11)14-6-15(19)8-16(20)7-14/h3-5,14H,6-10H2,1-2H3. The molecule has 102 valence electrons. The molecule has 1 aliphatic carbocycles. The molecular weight excluding hydrogens is 246 g/mol. The van der Waals surface area contributed by atoms with Crippen LogP contribution in [0, 0.1) is 0 Å². The van der Waals surface area contributed by atoms with Crippen LogP contribution >= 0.6 is 0 Å². The Morgan fingerprint density at radius 2 is 1.45 bits per heavy atom. The first-order valence-corrected chi connectivity index (χ1v) is 7.34. The Kier molecular flexibility index (Phi) is 5.22. The summed E-state index contributed by atoms with van der Waals surface area (Å²) in [5, 5.41) is 0. The summed E-state index contributed by atoms with van der Waals surface area (Å²) in [6.45, 7) is 4.10. The third-order valence-corrected chi connectivity index (χ3v) is 3.77. The molecule has 2 radical (unpaired) electrons. The Bertz CT molecular complexity index is 471.